The van der Waals surface area contributed by atoms with Crippen molar-refractivity contribution in [3.63, 3.8) is 0 Å². The predicted octanol–water partition coefficient (Wildman–Crippen LogP) is 0.757. The van der Waals surface area contributed by atoms with Gasteiger partial charge in [0.15, 0.2) is 0 Å². The highest BCUT2D eigenvalue weighted by atomic mass is 16.4. The molecule has 0 radical (unpaired) electrons. The molecule has 1 aromatic heterocycles. The third-order valence-electron chi connectivity index (χ3n) is 3.27. The third-order valence-corrected chi connectivity index (χ3v) is 3.27. The van der Waals surface area contributed by atoms with Crippen LogP contribution in [-0.4, -0.2) is 53.5 Å². The second-order valence-corrected chi connectivity index (χ2v) is 4.76. The van der Waals surface area contributed by atoms with Gasteiger partial charge in [0.05, 0.1) is 12.1 Å². The molecule has 1 saturated heterocycles. The molecule has 6 heteroatoms. The topological polar surface area (TPSA) is 73.7 Å². The van der Waals surface area contributed by atoms with E-state index in [9.17, 15) is 9.59 Å². The lowest BCUT2D eigenvalue weighted by molar-refractivity contribution is -0.127. The first-order valence-corrected chi connectivity index (χ1v) is 6.18. The number of amides is 1. The van der Waals surface area contributed by atoms with Crippen LogP contribution < -0.4 is 4.90 Å². The van der Waals surface area contributed by atoms with Crippen LogP contribution in [0.3, 0.4) is 0 Å². The molecule has 0 aromatic carbocycles. The molecule has 1 N–H and O–H groups in total. The van der Waals surface area contributed by atoms with Gasteiger partial charge in [-0.25, -0.2) is 9.78 Å². The van der Waals surface area contributed by atoms with Gasteiger partial charge in [-0.2, -0.15) is 0 Å². The quantitative estimate of drug-likeness (QED) is 0.852. The largest absolute Gasteiger partial charge is 0.478 e. The maximum atomic E-state index is 11.8. The first-order chi connectivity index (χ1) is 8.99. The standard InChI is InChI=1S/C13H17N3O3/c1-9-6-10(13(18)19)7-14-12(9)16-5-3-4-15(2)11(17)8-16/h6-7H,3-5,8H2,1-2H3,(H,18,19). The molecule has 1 aliphatic rings. The van der Waals surface area contributed by atoms with Crippen LogP contribution >= 0.6 is 0 Å². The molecule has 0 saturated carbocycles. The van der Waals surface area contributed by atoms with E-state index in [0.29, 0.717) is 5.82 Å². The summed E-state index contributed by atoms with van der Waals surface area (Å²) < 4.78 is 0. The van der Waals surface area contributed by atoms with Crippen molar-refractivity contribution in [3.05, 3.63) is 23.4 Å². The number of aromatic carboxylic acids is 1. The zero-order valence-corrected chi connectivity index (χ0v) is 11.1. The minimum Gasteiger partial charge on any atom is -0.478 e. The summed E-state index contributed by atoms with van der Waals surface area (Å²) in [5.74, 6) is -0.247. The summed E-state index contributed by atoms with van der Waals surface area (Å²) in [5, 5.41) is 8.92. The summed E-state index contributed by atoms with van der Waals surface area (Å²) in [7, 11) is 1.79. The molecule has 0 spiro atoms. The summed E-state index contributed by atoms with van der Waals surface area (Å²) in [4.78, 5) is 30.5. The Morgan fingerprint density at radius 1 is 1.42 bits per heavy atom. The molecular formula is C13H17N3O3. The van der Waals surface area contributed by atoms with Crippen LogP contribution in [0.4, 0.5) is 5.82 Å². The lowest BCUT2D eigenvalue weighted by Crippen LogP contribution is -2.35. The van der Waals surface area contributed by atoms with Gasteiger partial charge in [-0.15, -0.1) is 0 Å². The van der Waals surface area contributed by atoms with Crippen molar-refractivity contribution in [3.8, 4) is 0 Å². The fourth-order valence-corrected chi connectivity index (χ4v) is 2.18. The van der Waals surface area contributed by atoms with E-state index in [4.69, 9.17) is 5.11 Å². The molecular weight excluding hydrogens is 246 g/mol. The molecule has 1 aromatic rings. The van der Waals surface area contributed by atoms with E-state index in [0.717, 1.165) is 25.1 Å². The molecule has 1 amide bonds. The van der Waals surface area contributed by atoms with Crippen LogP contribution in [0.5, 0.6) is 0 Å². The van der Waals surface area contributed by atoms with E-state index in [1.54, 1.807) is 18.0 Å². The van der Waals surface area contributed by atoms with E-state index >= 15 is 0 Å². The molecule has 2 heterocycles. The molecule has 0 unspecified atom stereocenters. The van der Waals surface area contributed by atoms with Gasteiger partial charge in [-0.3, -0.25) is 4.79 Å². The Bertz CT molecular complexity index is 516. The normalized spacial score (nSPS) is 16.4. The Hall–Kier alpha value is -2.11. The Labute approximate surface area is 111 Å². The third kappa shape index (κ3) is 2.83. The number of hydrogen-bond acceptors (Lipinski definition) is 4. The van der Waals surface area contributed by atoms with E-state index in [1.165, 1.54) is 6.20 Å². The number of carbonyl (C=O) groups is 2. The number of nitrogens with zero attached hydrogens (tertiary/aromatic N) is 3. The number of aromatic nitrogens is 1. The molecule has 1 fully saturated rings. The van der Waals surface area contributed by atoms with Gasteiger partial charge >= 0.3 is 5.97 Å². The smallest absolute Gasteiger partial charge is 0.337 e. The minimum atomic E-state index is -0.992. The second-order valence-electron chi connectivity index (χ2n) is 4.76. The molecule has 1 aliphatic heterocycles. The fourth-order valence-electron chi connectivity index (χ4n) is 2.18. The summed E-state index contributed by atoms with van der Waals surface area (Å²) in [6, 6.07) is 1.59. The van der Waals surface area contributed by atoms with Crippen molar-refractivity contribution in [1.82, 2.24) is 9.88 Å². The summed E-state index contributed by atoms with van der Waals surface area (Å²) >= 11 is 0. The number of anilines is 1. The number of carbonyl (C=O) groups excluding carboxylic acids is 1. The van der Waals surface area contributed by atoms with Crippen LogP contribution in [0.25, 0.3) is 0 Å². The lowest BCUT2D eigenvalue weighted by Gasteiger charge is -2.22. The fraction of sp³-hybridized carbons (Fsp3) is 0.462. The van der Waals surface area contributed by atoms with E-state index in [1.807, 2.05) is 11.8 Å². The highest BCUT2D eigenvalue weighted by Crippen LogP contribution is 2.19. The van der Waals surface area contributed by atoms with Crippen molar-refractivity contribution < 1.29 is 14.7 Å². The maximum absolute atomic E-state index is 11.8. The van der Waals surface area contributed by atoms with Gasteiger partial charge in [-0.05, 0) is 25.0 Å². The zero-order valence-electron chi connectivity index (χ0n) is 11.1. The van der Waals surface area contributed by atoms with Crippen molar-refractivity contribution >= 4 is 17.7 Å². The Morgan fingerprint density at radius 2 is 2.16 bits per heavy atom. The van der Waals surface area contributed by atoms with Crippen LogP contribution in [0.15, 0.2) is 12.3 Å². The first kappa shape index (κ1) is 13.3. The highest BCUT2D eigenvalue weighted by Gasteiger charge is 2.21. The van der Waals surface area contributed by atoms with Crippen LogP contribution in [0.1, 0.15) is 22.3 Å². The monoisotopic (exact) mass is 263 g/mol. The van der Waals surface area contributed by atoms with E-state index in [2.05, 4.69) is 4.98 Å². The Morgan fingerprint density at radius 3 is 2.79 bits per heavy atom. The minimum absolute atomic E-state index is 0.0565. The van der Waals surface area contributed by atoms with Gasteiger partial charge in [0, 0.05) is 26.3 Å². The van der Waals surface area contributed by atoms with Gasteiger partial charge in [0.2, 0.25) is 5.91 Å². The number of carboxylic acid groups (broad SMARTS) is 1. The van der Waals surface area contributed by atoms with Gasteiger partial charge in [0.1, 0.15) is 5.82 Å². The Balaban J connectivity index is 2.26. The SMILES string of the molecule is Cc1cc(C(=O)O)cnc1N1CCCN(C)C(=O)C1. The average molecular weight is 263 g/mol. The molecule has 0 bridgehead atoms. The van der Waals surface area contributed by atoms with Crippen molar-refractivity contribution in [1.29, 1.82) is 0 Å². The average Bonchev–Trinajstić information content (AvgIpc) is 2.52. The molecule has 0 aliphatic carbocycles. The first-order valence-electron chi connectivity index (χ1n) is 6.18. The number of pyridine rings is 1. The van der Waals surface area contributed by atoms with Crippen molar-refractivity contribution in [2.24, 2.45) is 0 Å². The molecule has 6 nitrogen and oxygen atoms in total. The molecule has 2 rings (SSSR count). The van der Waals surface area contributed by atoms with Crippen LogP contribution in [0.2, 0.25) is 0 Å². The van der Waals surface area contributed by atoms with Crippen molar-refractivity contribution in [2.75, 3.05) is 31.6 Å². The molecule has 19 heavy (non-hydrogen) atoms. The van der Waals surface area contributed by atoms with Gasteiger partial charge < -0.3 is 14.9 Å². The zero-order chi connectivity index (χ0) is 14.0. The summed E-state index contributed by atoms with van der Waals surface area (Å²) in [6.45, 7) is 3.59. The second kappa shape index (κ2) is 5.26. The van der Waals surface area contributed by atoms with Gasteiger partial charge in [-0.1, -0.05) is 0 Å². The summed E-state index contributed by atoms with van der Waals surface area (Å²) in [6.07, 6.45) is 2.22. The van der Waals surface area contributed by atoms with Crippen molar-refractivity contribution in [2.45, 2.75) is 13.3 Å². The number of carboxylic acids is 1. The van der Waals surface area contributed by atoms with E-state index < -0.39 is 5.97 Å². The molecule has 0 atom stereocenters. The Kier molecular flexibility index (Phi) is 3.69. The highest BCUT2D eigenvalue weighted by molar-refractivity contribution is 5.88. The lowest BCUT2D eigenvalue weighted by atomic mass is 10.2. The van der Waals surface area contributed by atoms with E-state index in [-0.39, 0.29) is 18.0 Å². The predicted molar refractivity (Wildman–Crippen MR) is 70.4 cm³/mol. The maximum Gasteiger partial charge on any atom is 0.337 e. The number of likely N-dealkylation sites (N-methyl/N-ethyl adjacent to an activating group) is 1. The van der Waals surface area contributed by atoms with Crippen LogP contribution in [-0.2, 0) is 4.79 Å². The number of aryl methyl sites for hydroxylation is 1. The molecule has 102 valence electrons. The summed E-state index contributed by atoms with van der Waals surface area (Å²) in [5.41, 5.74) is 0.941. The van der Waals surface area contributed by atoms with Crippen LogP contribution in [0, 0.1) is 6.92 Å². The van der Waals surface area contributed by atoms with Gasteiger partial charge in [0.25, 0.3) is 0 Å². The number of hydrogen-bond donors (Lipinski definition) is 1. The number of rotatable bonds is 2.